The molecule has 0 bridgehead atoms. The van der Waals surface area contributed by atoms with Gasteiger partial charge in [0.1, 0.15) is 5.82 Å². The second-order valence-corrected chi connectivity index (χ2v) is 6.15. The zero-order valence-electron chi connectivity index (χ0n) is 10.6. The molecular weight excluding hydrogens is 310 g/mol. The number of aryl methyl sites for hydroxylation is 1. The second kappa shape index (κ2) is 5.99. The number of hydrogen-bond donors (Lipinski definition) is 1. The summed E-state index contributed by atoms with van der Waals surface area (Å²) in [6, 6.07) is 2.45. The van der Waals surface area contributed by atoms with Gasteiger partial charge in [-0.2, -0.15) is 0 Å². The third kappa shape index (κ3) is 2.68. The number of aromatic nitrogens is 2. The molecule has 0 saturated carbocycles. The number of nitrogens with two attached hydrogens (primary N) is 1. The Morgan fingerprint density at radius 2 is 2.28 bits per heavy atom. The van der Waals surface area contributed by atoms with Crippen molar-refractivity contribution in [2.75, 3.05) is 0 Å². The third-order valence-corrected chi connectivity index (χ3v) is 4.89. The summed E-state index contributed by atoms with van der Waals surface area (Å²) in [5.74, 6) is 1.09. The molecule has 0 aromatic carbocycles. The maximum Gasteiger partial charge on any atom is 0.108 e. The van der Waals surface area contributed by atoms with Gasteiger partial charge in [-0.05, 0) is 28.4 Å². The van der Waals surface area contributed by atoms with Crippen LogP contribution in [0.25, 0.3) is 0 Å². The molecule has 0 aliphatic rings. The largest absolute Gasteiger partial charge is 0.326 e. The zero-order valence-corrected chi connectivity index (χ0v) is 13.0. The summed E-state index contributed by atoms with van der Waals surface area (Å²) in [5, 5.41) is 2.10. The summed E-state index contributed by atoms with van der Waals surface area (Å²) in [7, 11) is 0. The van der Waals surface area contributed by atoms with Gasteiger partial charge in [-0.1, -0.05) is 13.8 Å². The van der Waals surface area contributed by atoms with Gasteiger partial charge in [0.15, 0.2) is 0 Å². The van der Waals surface area contributed by atoms with Gasteiger partial charge in [0.05, 0.1) is 6.04 Å². The highest BCUT2D eigenvalue weighted by Gasteiger charge is 2.23. The van der Waals surface area contributed by atoms with Gasteiger partial charge < -0.3 is 10.3 Å². The van der Waals surface area contributed by atoms with Gasteiger partial charge in [0, 0.05) is 39.6 Å². The molecule has 5 heteroatoms. The number of nitrogens with zero attached hydrogens (tertiary/aromatic N) is 2. The molecule has 0 saturated heterocycles. The van der Waals surface area contributed by atoms with Crippen molar-refractivity contribution in [3.05, 3.63) is 39.0 Å². The molecule has 2 atom stereocenters. The van der Waals surface area contributed by atoms with E-state index in [4.69, 9.17) is 5.73 Å². The number of hydrogen-bond acceptors (Lipinski definition) is 3. The van der Waals surface area contributed by atoms with Gasteiger partial charge in [0.2, 0.25) is 0 Å². The van der Waals surface area contributed by atoms with Gasteiger partial charge in [0.25, 0.3) is 0 Å². The average Bonchev–Trinajstić information content (AvgIpc) is 2.99. The lowest BCUT2D eigenvalue weighted by atomic mass is 10.0. The van der Waals surface area contributed by atoms with Crippen molar-refractivity contribution >= 4 is 27.3 Å². The fraction of sp³-hybridized carbons (Fsp3) is 0.462. The van der Waals surface area contributed by atoms with E-state index in [-0.39, 0.29) is 12.1 Å². The van der Waals surface area contributed by atoms with E-state index in [9.17, 15) is 0 Å². The van der Waals surface area contributed by atoms with E-state index in [1.165, 1.54) is 4.88 Å². The molecule has 0 aliphatic carbocycles. The van der Waals surface area contributed by atoms with Gasteiger partial charge in [-0.3, -0.25) is 0 Å². The Bertz CT molecular complexity index is 506. The van der Waals surface area contributed by atoms with Crippen molar-refractivity contribution in [2.45, 2.75) is 38.8 Å². The molecule has 2 N–H and O–H groups in total. The van der Waals surface area contributed by atoms with Crippen LogP contribution in [-0.2, 0) is 6.42 Å². The van der Waals surface area contributed by atoms with Crippen molar-refractivity contribution in [3.63, 3.8) is 0 Å². The third-order valence-electron chi connectivity index (χ3n) is 3.12. The van der Waals surface area contributed by atoms with Crippen molar-refractivity contribution < 1.29 is 0 Å². The zero-order chi connectivity index (χ0) is 13.1. The SMILES string of the molecule is CCc1nccn1C(c1cc(Br)cs1)C(N)CC. The summed E-state index contributed by atoms with van der Waals surface area (Å²) >= 11 is 5.26. The number of imidazole rings is 1. The topological polar surface area (TPSA) is 43.8 Å². The van der Waals surface area contributed by atoms with Crippen LogP contribution in [0.3, 0.4) is 0 Å². The summed E-state index contributed by atoms with van der Waals surface area (Å²) in [6.07, 6.45) is 5.76. The summed E-state index contributed by atoms with van der Waals surface area (Å²) in [4.78, 5) is 5.69. The molecule has 3 nitrogen and oxygen atoms in total. The first-order valence-corrected chi connectivity index (χ1v) is 7.85. The lowest BCUT2D eigenvalue weighted by Crippen LogP contribution is -2.32. The molecule has 98 valence electrons. The van der Waals surface area contributed by atoms with Gasteiger partial charge in [-0.25, -0.2) is 4.98 Å². The van der Waals surface area contributed by atoms with Crippen LogP contribution in [0.4, 0.5) is 0 Å². The Morgan fingerprint density at radius 1 is 1.50 bits per heavy atom. The van der Waals surface area contributed by atoms with Crippen LogP contribution in [0, 0.1) is 0 Å². The molecule has 0 amide bonds. The average molecular weight is 328 g/mol. The highest BCUT2D eigenvalue weighted by atomic mass is 79.9. The summed E-state index contributed by atoms with van der Waals surface area (Å²) in [5.41, 5.74) is 6.32. The summed E-state index contributed by atoms with van der Waals surface area (Å²) < 4.78 is 3.33. The molecule has 0 spiro atoms. The molecule has 2 unspecified atom stereocenters. The summed E-state index contributed by atoms with van der Waals surface area (Å²) in [6.45, 7) is 4.25. The predicted molar refractivity (Wildman–Crippen MR) is 80.0 cm³/mol. The maximum atomic E-state index is 6.32. The Hall–Kier alpha value is -0.650. The first-order valence-electron chi connectivity index (χ1n) is 6.18. The lowest BCUT2D eigenvalue weighted by molar-refractivity contribution is 0.453. The fourth-order valence-corrected chi connectivity index (χ4v) is 3.75. The number of halogens is 1. The van der Waals surface area contributed by atoms with E-state index in [0.717, 1.165) is 23.1 Å². The van der Waals surface area contributed by atoms with E-state index in [0.29, 0.717) is 0 Å². The molecule has 0 fully saturated rings. The Balaban J connectivity index is 2.43. The molecule has 2 rings (SSSR count). The molecule has 2 aromatic rings. The van der Waals surface area contributed by atoms with Gasteiger partial charge >= 0.3 is 0 Å². The highest BCUT2D eigenvalue weighted by Crippen LogP contribution is 2.31. The maximum absolute atomic E-state index is 6.32. The van der Waals surface area contributed by atoms with E-state index in [2.05, 4.69) is 50.8 Å². The Morgan fingerprint density at radius 3 is 2.83 bits per heavy atom. The minimum absolute atomic E-state index is 0.107. The highest BCUT2D eigenvalue weighted by molar-refractivity contribution is 9.10. The molecule has 2 aromatic heterocycles. The van der Waals surface area contributed by atoms with Crippen LogP contribution >= 0.6 is 27.3 Å². The van der Waals surface area contributed by atoms with Crippen molar-refractivity contribution in [3.8, 4) is 0 Å². The normalized spacial score (nSPS) is 14.7. The van der Waals surface area contributed by atoms with Crippen molar-refractivity contribution in [1.29, 1.82) is 0 Å². The predicted octanol–water partition coefficient (Wildman–Crippen LogP) is 3.60. The monoisotopic (exact) mass is 327 g/mol. The molecular formula is C13H18BrN3S. The lowest BCUT2D eigenvalue weighted by Gasteiger charge is -2.25. The van der Waals surface area contributed by atoms with Crippen LogP contribution in [-0.4, -0.2) is 15.6 Å². The fourth-order valence-electron chi connectivity index (χ4n) is 2.13. The van der Waals surface area contributed by atoms with Crippen LogP contribution < -0.4 is 5.73 Å². The Labute approximate surface area is 120 Å². The first-order chi connectivity index (χ1) is 8.67. The minimum Gasteiger partial charge on any atom is -0.326 e. The van der Waals surface area contributed by atoms with Crippen molar-refractivity contribution in [1.82, 2.24) is 9.55 Å². The van der Waals surface area contributed by atoms with Crippen molar-refractivity contribution in [2.24, 2.45) is 5.73 Å². The van der Waals surface area contributed by atoms with E-state index in [1.807, 2.05) is 12.4 Å². The molecule has 0 radical (unpaired) electrons. The molecule has 0 aliphatic heterocycles. The first kappa shape index (κ1) is 13.8. The standard InChI is InChI=1S/C13H18BrN3S/c1-3-10(15)13(11-7-9(14)8-18-11)17-6-5-16-12(17)4-2/h5-8,10,13H,3-4,15H2,1-2H3. The van der Waals surface area contributed by atoms with Crippen LogP contribution in [0.2, 0.25) is 0 Å². The van der Waals surface area contributed by atoms with E-state index < -0.39 is 0 Å². The van der Waals surface area contributed by atoms with Crippen LogP contribution in [0.5, 0.6) is 0 Å². The van der Waals surface area contributed by atoms with Crippen LogP contribution in [0.15, 0.2) is 28.3 Å². The molecule has 18 heavy (non-hydrogen) atoms. The minimum atomic E-state index is 0.107. The van der Waals surface area contributed by atoms with E-state index in [1.54, 1.807) is 11.3 Å². The Kier molecular flexibility index (Phi) is 4.59. The quantitative estimate of drug-likeness (QED) is 0.911. The molecule has 2 heterocycles. The number of rotatable bonds is 5. The van der Waals surface area contributed by atoms with Gasteiger partial charge in [-0.15, -0.1) is 11.3 Å². The second-order valence-electron chi connectivity index (χ2n) is 4.29. The van der Waals surface area contributed by atoms with E-state index >= 15 is 0 Å². The smallest absolute Gasteiger partial charge is 0.108 e. The van der Waals surface area contributed by atoms with Crippen LogP contribution in [0.1, 0.15) is 37.0 Å². The number of thiophene rings is 1.